The monoisotopic (exact) mass is 561 g/mol. The Hall–Kier alpha value is -2.58. The van der Waals surface area contributed by atoms with Crippen molar-refractivity contribution < 1.29 is 18.0 Å². The van der Waals surface area contributed by atoms with Crippen molar-refractivity contribution in [2.45, 2.75) is 84.3 Å². The molecular formula is C29H40ClN3O4S. The minimum absolute atomic E-state index is 0.116. The second-order valence-electron chi connectivity index (χ2n) is 10.2. The third-order valence-electron chi connectivity index (χ3n) is 7.22. The Kier molecular flexibility index (Phi) is 10.6. The molecule has 7 nitrogen and oxygen atoms in total. The topological polar surface area (TPSA) is 86.8 Å². The van der Waals surface area contributed by atoms with Crippen molar-refractivity contribution in [3.05, 3.63) is 64.2 Å². The first kappa shape index (κ1) is 30.0. The Labute approximate surface area is 232 Å². The zero-order valence-electron chi connectivity index (χ0n) is 22.9. The average molecular weight is 562 g/mol. The molecule has 1 atom stereocenters. The third kappa shape index (κ3) is 7.96. The summed E-state index contributed by atoms with van der Waals surface area (Å²) >= 11 is 6.24. The number of amides is 2. The Bertz CT molecular complexity index is 1210. The molecule has 0 saturated heterocycles. The first-order valence-electron chi connectivity index (χ1n) is 13.4. The molecule has 0 radical (unpaired) electrons. The van der Waals surface area contributed by atoms with E-state index in [2.05, 4.69) is 5.32 Å². The van der Waals surface area contributed by atoms with Crippen LogP contribution < -0.4 is 9.62 Å². The lowest BCUT2D eigenvalue weighted by atomic mass is 10.1. The van der Waals surface area contributed by atoms with Gasteiger partial charge in [0.25, 0.3) is 0 Å². The van der Waals surface area contributed by atoms with Crippen molar-refractivity contribution in [2.75, 3.05) is 17.1 Å². The number of hydrogen-bond acceptors (Lipinski definition) is 4. The van der Waals surface area contributed by atoms with Gasteiger partial charge in [-0.3, -0.25) is 13.9 Å². The lowest BCUT2D eigenvalue weighted by Crippen LogP contribution is -2.51. The molecule has 1 unspecified atom stereocenters. The van der Waals surface area contributed by atoms with Crippen LogP contribution in [0.15, 0.2) is 42.5 Å². The first-order chi connectivity index (χ1) is 18.0. The highest BCUT2D eigenvalue weighted by atomic mass is 35.5. The third-order valence-corrected chi connectivity index (χ3v) is 8.81. The average Bonchev–Trinajstić information content (AvgIpc) is 3.37. The lowest BCUT2D eigenvalue weighted by Gasteiger charge is -2.32. The van der Waals surface area contributed by atoms with E-state index < -0.39 is 16.1 Å². The zero-order valence-corrected chi connectivity index (χ0v) is 24.4. The quantitative estimate of drug-likeness (QED) is 0.377. The number of benzene rings is 2. The predicted molar refractivity (Wildman–Crippen MR) is 154 cm³/mol. The minimum atomic E-state index is -3.59. The number of nitrogens with one attached hydrogen (secondary N) is 1. The first-order valence-corrected chi connectivity index (χ1v) is 15.6. The van der Waals surface area contributed by atoms with Crippen LogP contribution in [0.5, 0.6) is 0 Å². The van der Waals surface area contributed by atoms with Gasteiger partial charge in [0.1, 0.15) is 6.04 Å². The molecule has 1 saturated carbocycles. The van der Waals surface area contributed by atoms with Crippen molar-refractivity contribution in [3.63, 3.8) is 0 Å². The van der Waals surface area contributed by atoms with Gasteiger partial charge in [0.05, 0.1) is 11.9 Å². The van der Waals surface area contributed by atoms with Crippen LogP contribution in [0.3, 0.4) is 0 Å². The minimum Gasteiger partial charge on any atom is -0.352 e. The normalized spacial score (nSPS) is 14.8. The van der Waals surface area contributed by atoms with Gasteiger partial charge in [-0.1, -0.05) is 67.3 Å². The zero-order chi connectivity index (χ0) is 27.9. The summed E-state index contributed by atoms with van der Waals surface area (Å²) in [6.45, 7) is 6.15. The summed E-state index contributed by atoms with van der Waals surface area (Å²) in [5.74, 6) is -0.289. The van der Waals surface area contributed by atoms with E-state index in [1.807, 2.05) is 38.1 Å². The molecule has 2 aromatic carbocycles. The summed E-state index contributed by atoms with van der Waals surface area (Å²) in [6.07, 6.45) is 6.23. The maximum Gasteiger partial charge on any atom is 0.243 e. The van der Waals surface area contributed by atoms with Gasteiger partial charge in [0, 0.05) is 30.6 Å². The van der Waals surface area contributed by atoms with Crippen LogP contribution in [0.4, 0.5) is 5.69 Å². The van der Waals surface area contributed by atoms with Crippen LogP contribution in [0.2, 0.25) is 5.02 Å². The Balaban J connectivity index is 1.77. The predicted octanol–water partition coefficient (Wildman–Crippen LogP) is 5.37. The summed E-state index contributed by atoms with van der Waals surface area (Å²) in [4.78, 5) is 28.5. The fraction of sp³-hybridized carbons (Fsp3) is 0.517. The van der Waals surface area contributed by atoms with E-state index in [-0.39, 0.29) is 30.8 Å². The number of carbonyl (C=O) groups excluding carboxylic acids is 2. The molecule has 1 N–H and O–H groups in total. The van der Waals surface area contributed by atoms with E-state index in [0.717, 1.165) is 43.1 Å². The molecule has 3 rings (SSSR count). The van der Waals surface area contributed by atoms with Gasteiger partial charge < -0.3 is 10.2 Å². The molecule has 208 valence electrons. The van der Waals surface area contributed by atoms with Gasteiger partial charge in [0.15, 0.2) is 0 Å². The van der Waals surface area contributed by atoms with Crippen molar-refractivity contribution >= 4 is 39.1 Å². The highest BCUT2D eigenvalue weighted by Crippen LogP contribution is 2.28. The molecule has 9 heteroatoms. The van der Waals surface area contributed by atoms with Crippen LogP contribution in [0.1, 0.15) is 68.6 Å². The Morgan fingerprint density at radius 2 is 1.74 bits per heavy atom. The van der Waals surface area contributed by atoms with Gasteiger partial charge in [-0.05, 0) is 62.8 Å². The Morgan fingerprint density at radius 3 is 2.34 bits per heavy atom. The lowest BCUT2D eigenvalue weighted by molar-refractivity contribution is -0.141. The second-order valence-corrected chi connectivity index (χ2v) is 12.6. The number of carbonyl (C=O) groups is 2. The standard InChI is InChI=1S/C29H40ClN3O4S/c1-5-26(29(35)31-24-10-6-7-11-24)32(20-23-17-15-21(2)16-18-23)28(34)14-9-19-33(38(4,36)37)27-13-8-12-25(30)22(27)3/h8,12-13,15-18,24,26H,5-7,9-11,14,19-20H2,1-4H3,(H,31,35). The second kappa shape index (κ2) is 13.5. The molecule has 0 aliphatic heterocycles. The molecule has 0 aromatic heterocycles. The highest BCUT2D eigenvalue weighted by Gasteiger charge is 2.31. The molecule has 0 bridgehead atoms. The number of anilines is 1. The van der Waals surface area contributed by atoms with Gasteiger partial charge >= 0.3 is 0 Å². The van der Waals surface area contributed by atoms with Crippen LogP contribution in [0.25, 0.3) is 0 Å². The summed E-state index contributed by atoms with van der Waals surface area (Å²) in [5.41, 5.74) is 3.24. The maximum absolute atomic E-state index is 13.6. The number of halogens is 1. The summed E-state index contributed by atoms with van der Waals surface area (Å²) in [6, 6.07) is 12.7. The molecule has 1 fully saturated rings. The number of aryl methyl sites for hydroxylation is 1. The van der Waals surface area contributed by atoms with E-state index in [1.54, 1.807) is 30.0 Å². The van der Waals surface area contributed by atoms with E-state index in [4.69, 9.17) is 11.6 Å². The number of hydrogen-bond donors (Lipinski definition) is 1. The summed E-state index contributed by atoms with van der Waals surface area (Å²) in [7, 11) is -3.59. The van der Waals surface area contributed by atoms with E-state index in [1.165, 1.54) is 4.31 Å². The molecule has 1 aliphatic carbocycles. The highest BCUT2D eigenvalue weighted by molar-refractivity contribution is 7.92. The van der Waals surface area contributed by atoms with Crippen molar-refractivity contribution in [1.82, 2.24) is 10.2 Å². The van der Waals surface area contributed by atoms with E-state index >= 15 is 0 Å². The number of rotatable bonds is 12. The summed E-state index contributed by atoms with van der Waals surface area (Å²) < 4.78 is 26.5. The fourth-order valence-corrected chi connectivity index (χ4v) is 6.21. The van der Waals surface area contributed by atoms with E-state index in [9.17, 15) is 18.0 Å². The van der Waals surface area contributed by atoms with Gasteiger partial charge in [-0.15, -0.1) is 0 Å². The maximum atomic E-state index is 13.6. The molecule has 0 spiro atoms. The molecule has 2 aromatic rings. The van der Waals surface area contributed by atoms with Crippen molar-refractivity contribution in [3.8, 4) is 0 Å². The van der Waals surface area contributed by atoms with Crippen LogP contribution in [-0.2, 0) is 26.2 Å². The van der Waals surface area contributed by atoms with Crippen molar-refractivity contribution in [2.24, 2.45) is 0 Å². The van der Waals surface area contributed by atoms with Crippen LogP contribution in [0, 0.1) is 13.8 Å². The molecule has 2 amide bonds. The summed E-state index contributed by atoms with van der Waals surface area (Å²) in [5, 5.41) is 3.64. The molecular weight excluding hydrogens is 522 g/mol. The number of sulfonamides is 1. The van der Waals surface area contributed by atoms with Crippen LogP contribution >= 0.6 is 11.6 Å². The molecule has 38 heavy (non-hydrogen) atoms. The Morgan fingerprint density at radius 1 is 1.08 bits per heavy atom. The van der Waals surface area contributed by atoms with Crippen molar-refractivity contribution in [1.29, 1.82) is 0 Å². The van der Waals surface area contributed by atoms with Crippen LogP contribution in [-0.4, -0.2) is 50.0 Å². The smallest absolute Gasteiger partial charge is 0.243 e. The van der Waals surface area contributed by atoms with Gasteiger partial charge in [-0.25, -0.2) is 8.42 Å². The largest absolute Gasteiger partial charge is 0.352 e. The fourth-order valence-electron chi connectivity index (χ4n) is 5.03. The van der Waals surface area contributed by atoms with E-state index in [0.29, 0.717) is 35.7 Å². The number of nitrogens with zero attached hydrogens (tertiary/aromatic N) is 2. The molecule has 0 heterocycles. The molecule has 1 aliphatic rings. The van der Waals surface area contributed by atoms with Gasteiger partial charge in [-0.2, -0.15) is 0 Å². The van der Waals surface area contributed by atoms with Gasteiger partial charge in [0.2, 0.25) is 21.8 Å². The SMILES string of the molecule is CCC(C(=O)NC1CCCC1)N(Cc1ccc(C)cc1)C(=O)CCCN(c1cccc(Cl)c1C)S(C)(=O)=O.